The van der Waals surface area contributed by atoms with Gasteiger partial charge in [0.25, 0.3) is 0 Å². The second-order valence-electron chi connectivity index (χ2n) is 5.99. The SMILES string of the molecule is CC1(C)CCCCC1NC1CCC(=O)NC1. The monoisotopic (exact) mass is 224 g/mol. The molecule has 1 aliphatic heterocycles. The minimum Gasteiger partial charge on any atom is -0.355 e. The Labute approximate surface area is 98.4 Å². The van der Waals surface area contributed by atoms with Crippen molar-refractivity contribution in [3.05, 3.63) is 0 Å². The molecule has 2 rings (SSSR count). The highest BCUT2D eigenvalue weighted by Gasteiger charge is 2.33. The zero-order chi connectivity index (χ0) is 11.6. The average molecular weight is 224 g/mol. The van der Waals surface area contributed by atoms with Gasteiger partial charge in [-0.25, -0.2) is 0 Å². The fraction of sp³-hybridized carbons (Fsp3) is 0.923. The van der Waals surface area contributed by atoms with Crippen LogP contribution in [0.4, 0.5) is 0 Å². The summed E-state index contributed by atoms with van der Waals surface area (Å²) in [5.74, 6) is 0.209. The lowest BCUT2D eigenvalue weighted by molar-refractivity contribution is -0.122. The molecule has 92 valence electrons. The number of rotatable bonds is 2. The number of hydrogen-bond acceptors (Lipinski definition) is 2. The largest absolute Gasteiger partial charge is 0.355 e. The van der Waals surface area contributed by atoms with Crippen LogP contribution in [0.3, 0.4) is 0 Å². The summed E-state index contributed by atoms with van der Waals surface area (Å²) in [6, 6.07) is 1.11. The lowest BCUT2D eigenvalue weighted by Crippen LogP contribution is -2.54. The van der Waals surface area contributed by atoms with Crippen molar-refractivity contribution in [3.8, 4) is 0 Å². The summed E-state index contributed by atoms with van der Waals surface area (Å²) in [4.78, 5) is 11.1. The van der Waals surface area contributed by atoms with Crippen LogP contribution >= 0.6 is 0 Å². The van der Waals surface area contributed by atoms with Gasteiger partial charge in [-0.15, -0.1) is 0 Å². The third-order valence-electron chi connectivity index (χ3n) is 4.21. The molecule has 1 amide bonds. The predicted octanol–water partition coefficient (Wildman–Crippen LogP) is 1.82. The van der Waals surface area contributed by atoms with E-state index in [1.807, 2.05) is 0 Å². The molecular formula is C13H24N2O. The van der Waals surface area contributed by atoms with Crippen molar-refractivity contribution >= 4 is 5.91 Å². The van der Waals surface area contributed by atoms with Crippen molar-refractivity contribution in [2.45, 2.75) is 64.5 Å². The molecule has 16 heavy (non-hydrogen) atoms. The third kappa shape index (κ3) is 2.76. The molecule has 3 nitrogen and oxygen atoms in total. The van der Waals surface area contributed by atoms with Crippen molar-refractivity contribution in [2.75, 3.05) is 6.54 Å². The quantitative estimate of drug-likeness (QED) is 0.751. The molecule has 2 fully saturated rings. The van der Waals surface area contributed by atoms with Gasteiger partial charge in [0.1, 0.15) is 0 Å². The predicted molar refractivity (Wildman–Crippen MR) is 65.2 cm³/mol. The van der Waals surface area contributed by atoms with E-state index in [4.69, 9.17) is 0 Å². The van der Waals surface area contributed by atoms with E-state index in [-0.39, 0.29) is 5.91 Å². The number of piperidine rings is 1. The Balaban J connectivity index is 1.86. The Bertz CT molecular complexity index is 253. The van der Waals surface area contributed by atoms with Gasteiger partial charge in [-0.2, -0.15) is 0 Å². The highest BCUT2D eigenvalue weighted by atomic mass is 16.1. The first-order valence-electron chi connectivity index (χ1n) is 6.61. The van der Waals surface area contributed by atoms with Crippen LogP contribution in [-0.4, -0.2) is 24.5 Å². The van der Waals surface area contributed by atoms with Gasteiger partial charge in [-0.3, -0.25) is 4.79 Å². The first-order chi connectivity index (χ1) is 7.58. The molecule has 2 aliphatic rings. The highest BCUT2D eigenvalue weighted by Crippen LogP contribution is 2.35. The Morgan fingerprint density at radius 1 is 1.31 bits per heavy atom. The zero-order valence-corrected chi connectivity index (χ0v) is 10.5. The third-order valence-corrected chi connectivity index (χ3v) is 4.21. The summed E-state index contributed by atoms with van der Waals surface area (Å²) in [5.41, 5.74) is 0.416. The van der Waals surface area contributed by atoms with Crippen LogP contribution in [0.1, 0.15) is 52.4 Å². The molecule has 1 saturated heterocycles. The maximum Gasteiger partial charge on any atom is 0.220 e. The fourth-order valence-electron chi connectivity index (χ4n) is 2.96. The molecule has 1 aliphatic carbocycles. The van der Waals surface area contributed by atoms with E-state index >= 15 is 0 Å². The molecule has 3 heteroatoms. The molecule has 0 aromatic carbocycles. The highest BCUT2D eigenvalue weighted by molar-refractivity contribution is 5.76. The molecule has 0 radical (unpaired) electrons. The maximum atomic E-state index is 11.1. The van der Waals surface area contributed by atoms with Crippen molar-refractivity contribution in [1.82, 2.24) is 10.6 Å². The van der Waals surface area contributed by atoms with Crippen LogP contribution in [0.15, 0.2) is 0 Å². The molecule has 1 saturated carbocycles. The van der Waals surface area contributed by atoms with Crippen LogP contribution in [0.2, 0.25) is 0 Å². The first kappa shape index (κ1) is 11.9. The Morgan fingerprint density at radius 2 is 2.12 bits per heavy atom. The van der Waals surface area contributed by atoms with Gasteiger partial charge in [-0.1, -0.05) is 26.7 Å². The average Bonchev–Trinajstić information content (AvgIpc) is 2.24. The van der Waals surface area contributed by atoms with E-state index in [9.17, 15) is 4.79 Å². The number of nitrogens with one attached hydrogen (secondary N) is 2. The standard InChI is InChI=1S/C13H24N2O/c1-13(2)8-4-3-5-11(13)15-10-6-7-12(16)14-9-10/h10-11,15H,3-9H2,1-2H3,(H,14,16). The first-order valence-corrected chi connectivity index (χ1v) is 6.61. The Hall–Kier alpha value is -0.570. The fourth-order valence-corrected chi connectivity index (χ4v) is 2.96. The van der Waals surface area contributed by atoms with Gasteiger partial charge >= 0.3 is 0 Å². The molecule has 0 aromatic rings. The molecule has 0 aromatic heterocycles. The molecule has 1 heterocycles. The van der Waals surface area contributed by atoms with Crippen LogP contribution in [-0.2, 0) is 4.79 Å². The molecule has 2 N–H and O–H groups in total. The van der Waals surface area contributed by atoms with Crippen LogP contribution < -0.4 is 10.6 Å². The van der Waals surface area contributed by atoms with E-state index in [1.54, 1.807) is 0 Å². The van der Waals surface area contributed by atoms with Crippen molar-refractivity contribution < 1.29 is 4.79 Å². The van der Waals surface area contributed by atoms with Gasteiger partial charge in [0.15, 0.2) is 0 Å². The van der Waals surface area contributed by atoms with Gasteiger partial charge < -0.3 is 10.6 Å². The summed E-state index contributed by atoms with van der Waals surface area (Å²) in [6.07, 6.45) is 7.01. The van der Waals surface area contributed by atoms with E-state index in [0.717, 1.165) is 13.0 Å². The van der Waals surface area contributed by atoms with Crippen molar-refractivity contribution in [3.63, 3.8) is 0 Å². The summed E-state index contributed by atoms with van der Waals surface area (Å²) < 4.78 is 0. The Morgan fingerprint density at radius 3 is 2.75 bits per heavy atom. The molecule has 0 spiro atoms. The van der Waals surface area contributed by atoms with Gasteiger partial charge in [-0.05, 0) is 24.7 Å². The summed E-state index contributed by atoms with van der Waals surface area (Å²) in [6.45, 7) is 5.54. The lowest BCUT2D eigenvalue weighted by atomic mass is 9.73. The summed E-state index contributed by atoms with van der Waals surface area (Å²) in [5, 5.41) is 6.70. The van der Waals surface area contributed by atoms with Gasteiger partial charge in [0.05, 0.1) is 0 Å². The number of carbonyl (C=O) groups excluding carboxylic acids is 1. The normalized spacial score (nSPS) is 34.5. The second kappa shape index (κ2) is 4.74. The van der Waals surface area contributed by atoms with Crippen LogP contribution in [0.5, 0.6) is 0 Å². The summed E-state index contributed by atoms with van der Waals surface area (Å²) >= 11 is 0. The topological polar surface area (TPSA) is 41.1 Å². The number of hydrogen-bond donors (Lipinski definition) is 2. The Kier molecular flexibility index (Phi) is 3.53. The van der Waals surface area contributed by atoms with E-state index in [1.165, 1.54) is 25.7 Å². The number of amides is 1. The van der Waals surface area contributed by atoms with E-state index in [0.29, 0.717) is 23.9 Å². The van der Waals surface area contributed by atoms with Crippen LogP contribution in [0.25, 0.3) is 0 Å². The molecule has 2 unspecified atom stereocenters. The summed E-state index contributed by atoms with van der Waals surface area (Å²) in [7, 11) is 0. The van der Waals surface area contributed by atoms with Crippen molar-refractivity contribution in [1.29, 1.82) is 0 Å². The second-order valence-corrected chi connectivity index (χ2v) is 5.99. The van der Waals surface area contributed by atoms with Gasteiger partial charge in [0.2, 0.25) is 5.91 Å². The lowest BCUT2D eigenvalue weighted by Gasteiger charge is -2.42. The molecule has 0 bridgehead atoms. The minimum atomic E-state index is 0.209. The maximum absolute atomic E-state index is 11.1. The smallest absolute Gasteiger partial charge is 0.220 e. The number of carbonyl (C=O) groups is 1. The van der Waals surface area contributed by atoms with Crippen LogP contribution in [0, 0.1) is 5.41 Å². The zero-order valence-electron chi connectivity index (χ0n) is 10.5. The van der Waals surface area contributed by atoms with Crippen molar-refractivity contribution in [2.24, 2.45) is 5.41 Å². The van der Waals surface area contributed by atoms with Gasteiger partial charge in [0, 0.05) is 25.0 Å². The van der Waals surface area contributed by atoms with E-state index < -0.39 is 0 Å². The molecule has 2 atom stereocenters. The molecular weight excluding hydrogens is 200 g/mol. The van der Waals surface area contributed by atoms with E-state index in [2.05, 4.69) is 24.5 Å². The minimum absolute atomic E-state index is 0.209.